The fourth-order valence-corrected chi connectivity index (χ4v) is 2.44. The van der Waals surface area contributed by atoms with Gasteiger partial charge in [-0.3, -0.25) is 4.79 Å². The number of benzene rings is 1. The molecule has 23 heavy (non-hydrogen) atoms. The van der Waals surface area contributed by atoms with Crippen LogP contribution in [0, 0.1) is 0 Å². The number of carbonyl (C=O) groups is 1. The molecule has 4 heteroatoms. The number of nitrogens with two attached hydrogens (primary N) is 1. The first-order chi connectivity index (χ1) is 11.2. The summed E-state index contributed by atoms with van der Waals surface area (Å²) in [6.45, 7) is 2.69. The highest BCUT2D eigenvalue weighted by atomic mass is 16.5. The zero-order chi connectivity index (χ0) is 16.9. The normalized spacial score (nSPS) is 12.0. The second-order valence-electron chi connectivity index (χ2n) is 5.95. The molecule has 1 aromatic rings. The van der Waals surface area contributed by atoms with Crippen molar-refractivity contribution in [2.45, 2.75) is 64.3 Å². The third-order valence-electron chi connectivity index (χ3n) is 3.91. The van der Waals surface area contributed by atoms with Crippen molar-refractivity contribution >= 4 is 5.97 Å². The average Bonchev–Trinajstić information content (AvgIpc) is 2.57. The van der Waals surface area contributed by atoms with E-state index < -0.39 is 6.04 Å². The van der Waals surface area contributed by atoms with Crippen molar-refractivity contribution in [2.75, 3.05) is 13.7 Å². The number of rotatable bonds is 12. The van der Waals surface area contributed by atoms with Gasteiger partial charge in [0.1, 0.15) is 11.8 Å². The minimum atomic E-state index is -0.604. The van der Waals surface area contributed by atoms with Gasteiger partial charge in [0.2, 0.25) is 0 Å². The number of unbranched alkanes of at least 4 members (excludes halogenated alkanes) is 6. The number of hydrogen-bond acceptors (Lipinski definition) is 4. The zero-order valence-corrected chi connectivity index (χ0v) is 14.6. The fraction of sp³-hybridized carbons (Fsp3) is 0.632. The summed E-state index contributed by atoms with van der Waals surface area (Å²) in [5.74, 6) is 0.482. The molecule has 2 N–H and O–H groups in total. The quantitative estimate of drug-likeness (QED) is 0.469. The predicted octanol–water partition coefficient (Wildman–Crippen LogP) is 3.86. The second kappa shape index (κ2) is 11.9. The second-order valence-corrected chi connectivity index (χ2v) is 5.95. The van der Waals surface area contributed by atoms with Crippen LogP contribution in [0.1, 0.15) is 57.4 Å². The summed E-state index contributed by atoms with van der Waals surface area (Å²) in [6.07, 6.45) is 8.91. The van der Waals surface area contributed by atoms with Gasteiger partial charge in [0.15, 0.2) is 0 Å². The van der Waals surface area contributed by atoms with Gasteiger partial charge in [-0.05, 0) is 30.5 Å². The highest BCUT2D eigenvalue weighted by Crippen LogP contribution is 2.13. The molecule has 0 aliphatic heterocycles. The maximum atomic E-state index is 11.9. The number of ether oxygens (including phenoxy) is 2. The van der Waals surface area contributed by atoms with E-state index in [-0.39, 0.29) is 5.97 Å². The minimum absolute atomic E-state index is 0.313. The summed E-state index contributed by atoms with van der Waals surface area (Å²) in [4.78, 5) is 11.9. The van der Waals surface area contributed by atoms with Crippen LogP contribution in [0.3, 0.4) is 0 Å². The van der Waals surface area contributed by atoms with Gasteiger partial charge in [0.05, 0.1) is 13.7 Å². The summed E-state index contributed by atoms with van der Waals surface area (Å²) < 4.78 is 10.4. The topological polar surface area (TPSA) is 61.5 Å². The van der Waals surface area contributed by atoms with E-state index in [0.717, 1.165) is 24.2 Å². The van der Waals surface area contributed by atoms with Gasteiger partial charge in [0.25, 0.3) is 0 Å². The summed E-state index contributed by atoms with van der Waals surface area (Å²) in [6, 6.07) is 6.97. The molecule has 1 atom stereocenters. The standard InChI is InChI=1S/C19H31NO3/c1-3-4-5-6-7-8-9-14-23-19(21)18(20)15-16-10-12-17(22-2)13-11-16/h10-13,18H,3-9,14-15,20H2,1-2H3. The van der Waals surface area contributed by atoms with E-state index in [2.05, 4.69) is 6.92 Å². The smallest absolute Gasteiger partial charge is 0.323 e. The molecule has 0 amide bonds. The van der Waals surface area contributed by atoms with Crippen LogP contribution in [-0.4, -0.2) is 25.7 Å². The summed E-state index contributed by atoms with van der Waals surface area (Å²) in [5.41, 5.74) is 6.92. The van der Waals surface area contributed by atoms with Crippen LogP contribution in [0.5, 0.6) is 5.75 Å². The Morgan fingerprint density at radius 2 is 1.65 bits per heavy atom. The molecule has 4 nitrogen and oxygen atoms in total. The largest absolute Gasteiger partial charge is 0.497 e. The molecule has 0 aromatic heterocycles. The van der Waals surface area contributed by atoms with Crippen LogP contribution in [0.25, 0.3) is 0 Å². The molecule has 1 aromatic carbocycles. The minimum Gasteiger partial charge on any atom is -0.497 e. The maximum absolute atomic E-state index is 11.9. The molecular weight excluding hydrogens is 290 g/mol. The highest BCUT2D eigenvalue weighted by Gasteiger charge is 2.15. The van der Waals surface area contributed by atoms with E-state index in [4.69, 9.17) is 15.2 Å². The lowest BCUT2D eigenvalue weighted by Crippen LogP contribution is -2.34. The zero-order valence-electron chi connectivity index (χ0n) is 14.6. The van der Waals surface area contributed by atoms with E-state index in [1.54, 1.807) is 7.11 Å². The lowest BCUT2D eigenvalue weighted by atomic mass is 10.1. The summed E-state index contributed by atoms with van der Waals surface area (Å²) >= 11 is 0. The van der Waals surface area contributed by atoms with Crippen LogP contribution >= 0.6 is 0 Å². The van der Waals surface area contributed by atoms with Crippen LogP contribution in [0.4, 0.5) is 0 Å². The monoisotopic (exact) mass is 321 g/mol. The third kappa shape index (κ3) is 8.60. The predicted molar refractivity (Wildman–Crippen MR) is 93.6 cm³/mol. The molecule has 0 saturated heterocycles. The van der Waals surface area contributed by atoms with E-state index in [1.165, 1.54) is 32.1 Å². The van der Waals surface area contributed by atoms with Crippen molar-refractivity contribution in [3.63, 3.8) is 0 Å². The molecule has 0 bridgehead atoms. The Kier molecular flexibility index (Phi) is 10.1. The fourth-order valence-electron chi connectivity index (χ4n) is 2.44. The molecule has 0 spiro atoms. The lowest BCUT2D eigenvalue weighted by molar-refractivity contribution is -0.145. The van der Waals surface area contributed by atoms with Gasteiger partial charge >= 0.3 is 5.97 Å². The van der Waals surface area contributed by atoms with Crippen LogP contribution in [0.15, 0.2) is 24.3 Å². The van der Waals surface area contributed by atoms with Crippen molar-refractivity contribution in [2.24, 2.45) is 5.73 Å². The van der Waals surface area contributed by atoms with E-state index in [0.29, 0.717) is 13.0 Å². The Bertz CT molecular complexity index is 431. The number of carbonyl (C=O) groups excluding carboxylic acids is 1. The molecule has 0 aliphatic rings. The highest BCUT2D eigenvalue weighted by molar-refractivity contribution is 5.75. The average molecular weight is 321 g/mol. The van der Waals surface area contributed by atoms with Crippen molar-refractivity contribution in [3.05, 3.63) is 29.8 Å². The maximum Gasteiger partial charge on any atom is 0.323 e. The Hall–Kier alpha value is -1.55. The summed E-state index contributed by atoms with van der Waals surface area (Å²) in [5, 5.41) is 0. The van der Waals surface area contributed by atoms with Gasteiger partial charge in [0, 0.05) is 0 Å². The molecule has 1 rings (SSSR count). The van der Waals surface area contributed by atoms with Crippen molar-refractivity contribution in [3.8, 4) is 5.75 Å². The van der Waals surface area contributed by atoms with Crippen molar-refractivity contribution < 1.29 is 14.3 Å². The van der Waals surface area contributed by atoms with E-state index >= 15 is 0 Å². The van der Waals surface area contributed by atoms with Crippen LogP contribution in [-0.2, 0) is 16.0 Å². The van der Waals surface area contributed by atoms with Gasteiger partial charge in [-0.15, -0.1) is 0 Å². The first kappa shape index (κ1) is 19.5. The molecule has 1 unspecified atom stereocenters. The Balaban J connectivity index is 2.13. The third-order valence-corrected chi connectivity index (χ3v) is 3.91. The Morgan fingerprint density at radius 3 is 2.26 bits per heavy atom. The van der Waals surface area contributed by atoms with Crippen molar-refractivity contribution in [1.82, 2.24) is 0 Å². The first-order valence-corrected chi connectivity index (χ1v) is 8.72. The molecule has 0 heterocycles. The van der Waals surface area contributed by atoms with Gasteiger partial charge in [-0.25, -0.2) is 0 Å². The molecule has 0 fully saturated rings. The van der Waals surface area contributed by atoms with Crippen LogP contribution < -0.4 is 10.5 Å². The Labute approximate surface area is 140 Å². The van der Waals surface area contributed by atoms with Crippen molar-refractivity contribution in [1.29, 1.82) is 0 Å². The first-order valence-electron chi connectivity index (χ1n) is 8.72. The number of methoxy groups -OCH3 is 1. The van der Waals surface area contributed by atoms with Gasteiger partial charge in [-0.1, -0.05) is 57.6 Å². The molecule has 130 valence electrons. The lowest BCUT2D eigenvalue weighted by Gasteiger charge is -2.12. The van der Waals surface area contributed by atoms with Gasteiger partial charge < -0.3 is 15.2 Å². The van der Waals surface area contributed by atoms with E-state index in [1.807, 2.05) is 24.3 Å². The van der Waals surface area contributed by atoms with Gasteiger partial charge in [-0.2, -0.15) is 0 Å². The van der Waals surface area contributed by atoms with E-state index in [9.17, 15) is 4.79 Å². The van der Waals surface area contributed by atoms with Crippen LogP contribution in [0.2, 0.25) is 0 Å². The SMILES string of the molecule is CCCCCCCCCOC(=O)C(N)Cc1ccc(OC)cc1. The molecule has 0 aliphatic carbocycles. The Morgan fingerprint density at radius 1 is 1.04 bits per heavy atom. The summed E-state index contributed by atoms with van der Waals surface area (Å²) in [7, 11) is 1.63. The number of hydrogen-bond donors (Lipinski definition) is 1. The molecule has 0 saturated carbocycles. The number of esters is 1. The molecule has 0 radical (unpaired) electrons. The molecular formula is C19H31NO3.